The molecule has 108 valence electrons. The second-order valence-electron chi connectivity index (χ2n) is 5.46. The zero-order chi connectivity index (χ0) is 13.7. The Labute approximate surface area is 114 Å². The summed E-state index contributed by atoms with van der Waals surface area (Å²) in [6.45, 7) is 3.22. The predicted octanol–water partition coefficient (Wildman–Crippen LogP) is 0.976. The van der Waals surface area contributed by atoms with Gasteiger partial charge in [-0.05, 0) is 52.0 Å². The van der Waals surface area contributed by atoms with Gasteiger partial charge in [0.2, 0.25) is 5.91 Å². The predicted molar refractivity (Wildman–Crippen MR) is 71.5 cm³/mol. The molecule has 1 saturated heterocycles. The standard InChI is InChI=1S/C14H24N2O3/c1-2-19-14(18)10-5-7-11(8-6-10)16-13(17)12-4-3-9-15-12/h10-12,15H,2-9H2,1H3,(H,16,17)/t10?,11?,12-/m1/s1. The van der Waals surface area contributed by atoms with Crippen molar-refractivity contribution in [2.75, 3.05) is 13.2 Å². The minimum Gasteiger partial charge on any atom is -0.466 e. The molecule has 0 spiro atoms. The molecule has 1 atom stereocenters. The minimum absolute atomic E-state index is 0.0113. The molecule has 0 radical (unpaired) electrons. The molecule has 1 amide bonds. The molecule has 1 aliphatic heterocycles. The molecule has 2 N–H and O–H groups in total. The number of carbonyl (C=O) groups excluding carboxylic acids is 2. The Bertz CT molecular complexity index is 319. The summed E-state index contributed by atoms with van der Waals surface area (Å²) < 4.78 is 5.04. The van der Waals surface area contributed by atoms with Gasteiger partial charge in [0.05, 0.1) is 18.6 Å². The highest BCUT2D eigenvalue weighted by Gasteiger charge is 2.30. The monoisotopic (exact) mass is 268 g/mol. The quantitative estimate of drug-likeness (QED) is 0.746. The fourth-order valence-electron chi connectivity index (χ4n) is 2.94. The van der Waals surface area contributed by atoms with Crippen LogP contribution < -0.4 is 10.6 Å². The number of hydrogen-bond donors (Lipinski definition) is 2. The van der Waals surface area contributed by atoms with E-state index in [1.165, 1.54) is 0 Å². The Morgan fingerprint density at radius 2 is 1.95 bits per heavy atom. The van der Waals surface area contributed by atoms with Crippen molar-refractivity contribution < 1.29 is 14.3 Å². The highest BCUT2D eigenvalue weighted by atomic mass is 16.5. The SMILES string of the molecule is CCOC(=O)C1CCC(NC(=O)[C@H]2CCCN2)CC1. The molecule has 0 aromatic heterocycles. The van der Waals surface area contributed by atoms with Gasteiger partial charge in [0.1, 0.15) is 0 Å². The van der Waals surface area contributed by atoms with E-state index in [9.17, 15) is 9.59 Å². The van der Waals surface area contributed by atoms with Crippen LogP contribution >= 0.6 is 0 Å². The summed E-state index contributed by atoms with van der Waals surface area (Å²) in [7, 11) is 0. The van der Waals surface area contributed by atoms with Gasteiger partial charge in [-0.2, -0.15) is 0 Å². The van der Waals surface area contributed by atoms with Crippen LogP contribution in [0.3, 0.4) is 0 Å². The van der Waals surface area contributed by atoms with Crippen LogP contribution in [-0.2, 0) is 14.3 Å². The van der Waals surface area contributed by atoms with Crippen molar-refractivity contribution in [2.45, 2.75) is 57.5 Å². The van der Waals surface area contributed by atoms with E-state index in [2.05, 4.69) is 10.6 Å². The molecule has 5 heteroatoms. The molecule has 2 rings (SSSR count). The Morgan fingerprint density at radius 3 is 2.53 bits per heavy atom. The molecule has 1 aliphatic carbocycles. The van der Waals surface area contributed by atoms with E-state index in [0.29, 0.717) is 6.61 Å². The Kier molecular flexibility index (Phi) is 5.19. The second kappa shape index (κ2) is 6.89. The summed E-state index contributed by atoms with van der Waals surface area (Å²) in [6, 6.07) is 0.211. The van der Waals surface area contributed by atoms with E-state index in [1.807, 2.05) is 6.92 Å². The third-order valence-electron chi connectivity index (χ3n) is 4.07. The van der Waals surface area contributed by atoms with Crippen molar-refractivity contribution in [3.8, 4) is 0 Å². The van der Waals surface area contributed by atoms with Crippen LogP contribution in [0.4, 0.5) is 0 Å². The summed E-state index contributed by atoms with van der Waals surface area (Å²) >= 11 is 0. The van der Waals surface area contributed by atoms with E-state index < -0.39 is 0 Å². The van der Waals surface area contributed by atoms with E-state index in [-0.39, 0.29) is 29.9 Å². The van der Waals surface area contributed by atoms with E-state index in [4.69, 9.17) is 4.74 Å². The average molecular weight is 268 g/mol. The lowest BCUT2D eigenvalue weighted by molar-refractivity contribution is -0.149. The van der Waals surface area contributed by atoms with Gasteiger partial charge in [-0.1, -0.05) is 0 Å². The lowest BCUT2D eigenvalue weighted by Gasteiger charge is -2.28. The fourth-order valence-corrected chi connectivity index (χ4v) is 2.94. The molecule has 19 heavy (non-hydrogen) atoms. The zero-order valence-corrected chi connectivity index (χ0v) is 11.6. The van der Waals surface area contributed by atoms with Gasteiger partial charge in [0, 0.05) is 6.04 Å². The normalized spacial score (nSPS) is 30.9. The van der Waals surface area contributed by atoms with Crippen molar-refractivity contribution in [3.05, 3.63) is 0 Å². The number of ether oxygens (including phenoxy) is 1. The lowest BCUT2D eigenvalue weighted by Crippen LogP contribution is -2.46. The number of amides is 1. The van der Waals surface area contributed by atoms with Crippen molar-refractivity contribution in [1.82, 2.24) is 10.6 Å². The molecule has 1 heterocycles. The Hall–Kier alpha value is -1.10. The summed E-state index contributed by atoms with van der Waals surface area (Å²) in [4.78, 5) is 23.6. The van der Waals surface area contributed by atoms with Crippen LogP contribution in [0.15, 0.2) is 0 Å². The lowest BCUT2D eigenvalue weighted by atomic mass is 9.86. The number of hydrogen-bond acceptors (Lipinski definition) is 4. The maximum atomic E-state index is 12.0. The smallest absolute Gasteiger partial charge is 0.308 e. The van der Waals surface area contributed by atoms with E-state index in [0.717, 1.165) is 45.1 Å². The largest absolute Gasteiger partial charge is 0.466 e. The first kappa shape index (κ1) is 14.3. The molecule has 0 aromatic rings. The van der Waals surface area contributed by atoms with E-state index >= 15 is 0 Å². The summed E-state index contributed by atoms with van der Waals surface area (Å²) in [6.07, 6.45) is 5.41. The molecule has 0 bridgehead atoms. The van der Waals surface area contributed by atoms with Gasteiger partial charge < -0.3 is 15.4 Å². The van der Waals surface area contributed by atoms with Crippen molar-refractivity contribution in [1.29, 1.82) is 0 Å². The van der Waals surface area contributed by atoms with E-state index in [1.54, 1.807) is 0 Å². The van der Waals surface area contributed by atoms with Crippen LogP contribution in [-0.4, -0.2) is 37.1 Å². The van der Waals surface area contributed by atoms with Crippen molar-refractivity contribution >= 4 is 11.9 Å². The number of rotatable bonds is 4. The van der Waals surface area contributed by atoms with Crippen LogP contribution in [0.5, 0.6) is 0 Å². The van der Waals surface area contributed by atoms with Crippen molar-refractivity contribution in [2.24, 2.45) is 5.92 Å². The van der Waals surface area contributed by atoms with Gasteiger partial charge in [0.15, 0.2) is 0 Å². The first-order valence-corrected chi connectivity index (χ1v) is 7.41. The molecule has 2 aliphatic rings. The molecular formula is C14H24N2O3. The molecule has 5 nitrogen and oxygen atoms in total. The summed E-state index contributed by atoms with van der Waals surface area (Å²) in [5, 5.41) is 6.30. The Morgan fingerprint density at radius 1 is 1.21 bits per heavy atom. The average Bonchev–Trinajstić information content (AvgIpc) is 2.94. The second-order valence-corrected chi connectivity index (χ2v) is 5.46. The maximum Gasteiger partial charge on any atom is 0.308 e. The van der Waals surface area contributed by atoms with Gasteiger partial charge in [-0.25, -0.2) is 0 Å². The van der Waals surface area contributed by atoms with Crippen LogP contribution in [0.1, 0.15) is 45.4 Å². The third kappa shape index (κ3) is 3.93. The van der Waals surface area contributed by atoms with Crippen LogP contribution in [0.2, 0.25) is 0 Å². The molecule has 0 unspecified atom stereocenters. The Balaban J connectivity index is 1.71. The number of carbonyl (C=O) groups is 2. The van der Waals surface area contributed by atoms with Gasteiger partial charge in [0.25, 0.3) is 0 Å². The number of nitrogens with one attached hydrogen (secondary N) is 2. The highest BCUT2D eigenvalue weighted by molar-refractivity contribution is 5.82. The number of esters is 1. The summed E-state index contributed by atoms with van der Waals surface area (Å²) in [5.74, 6) is 0.0690. The maximum absolute atomic E-state index is 12.0. The van der Waals surface area contributed by atoms with Gasteiger partial charge >= 0.3 is 5.97 Å². The first-order valence-electron chi connectivity index (χ1n) is 7.41. The molecular weight excluding hydrogens is 244 g/mol. The van der Waals surface area contributed by atoms with Crippen molar-refractivity contribution in [3.63, 3.8) is 0 Å². The minimum atomic E-state index is -0.0789. The highest BCUT2D eigenvalue weighted by Crippen LogP contribution is 2.25. The molecule has 0 aromatic carbocycles. The first-order chi connectivity index (χ1) is 9.20. The van der Waals surface area contributed by atoms with Gasteiger partial charge in [-0.3, -0.25) is 9.59 Å². The summed E-state index contributed by atoms with van der Waals surface area (Å²) in [5.41, 5.74) is 0. The van der Waals surface area contributed by atoms with Crippen LogP contribution in [0, 0.1) is 5.92 Å². The molecule has 1 saturated carbocycles. The topological polar surface area (TPSA) is 67.4 Å². The third-order valence-corrected chi connectivity index (χ3v) is 4.07. The van der Waals surface area contributed by atoms with Crippen LogP contribution in [0.25, 0.3) is 0 Å². The fraction of sp³-hybridized carbons (Fsp3) is 0.857. The zero-order valence-electron chi connectivity index (χ0n) is 11.6. The van der Waals surface area contributed by atoms with Gasteiger partial charge in [-0.15, -0.1) is 0 Å². The molecule has 2 fully saturated rings.